The number of hydrogen-bond donors (Lipinski definition) is 3. The normalized spacial score (nSPS) is 17.7. The van der Waals surface area contributed by atoms with Crippen LogP contribution >= 0.6 is 0 Å². The van der Waals surface area contributed by atoms with Crippen LogP contribution in [0.3, 0.4) is 0 Å². The number of imide groups is 1. The molecule has 6 heteroatoms. The molecule has 1 rings (SSSR count). The largest absolute Gasteiger partial charge is 0.401 e. The summed E-state index contributed by atoms with van der Waals surface area (Å²) in [6, 6.07) is 0. The number of rotatable bonds is 1. The van der Waals surface area contributed by atoms with Gasteiger partial charge in [0.05, 0.1) is 6.42 Å². The smallest absolute Gasteiger partial charge is 0.265 e. The van der Waals surface area contributed by atoms with Gasteiger partial charge >= 0.3 is 0 Å². The molecule has 1 heterocycles. The zero-order valence-corrected chi connectivity index (χ0v) is 6.09. The Kier molecular flexibility index (Phi) is 1.82. The predicted octanol–water partition coefficient (Wildman–Crippen LogP) is -2.27. The van der Waals surface area contributed by atoms with Crippen molar-refractivity contribution in [2.75, 3.05) is 0 Å². The average molecular weight is 169 g/mol. The Morgan fingerprint density at radius 3 is 2.42 bits per heavy atom. The van der Waals surface area contributed by atoms with Crippen molar-refractivity contribution in [3.8, 4) is 0 Å². The predicted molar refractivity (Wildman–Crippen MR) is 38.2 cm³/mol. The third-order valence-electron chi connectivity index (χ3n) is 1.40. The Bertz CT molecular complexity index is 305. The third-order valence-corrected chi connectivity index (χ3v) is 1.40. The van der Waals surface area contributed by atoms with Crippen molar-refractivity contribution in [3.05, 3.63) is 11.3 Å². The highest BCUT2D eigenvalue weighted by molar-refractivity contribution is 6.23. The molecule has 0 aromatic carbocycles. The lowest BCUT2D eigenvalue weighted by molar-refractivity contribution is -0.130. The summed E-state index contributed by atoms with van der Waals surface area (Å²) in [5, 5.41) is 1.92. The molecule has 0 saturated carbocycles. The van der Waals surface area contributed by atoms with Gasteiger partial charge in [0.15, 0.2) is 0 Å². The first-order valence-corrected chi connectivity index (χ1v) is 3.15. The molecule has 0 saturated heterocycles. The highest BCUT2D eigenvalue weighted by atomic mass is 16.2. The van der Waals surface area contributed by atoms with E-state index in [1.165, 1.54) is 0 Å². The first-order chi connectivity index (χ1) is 5.52. The zero-order chi connectivity index (χ0) is 9.30. The van der Waals surface area contributed by atoms with Crippen molar-refractivity contribution in [1.29, 1.82) is 0 Å². The van der Waals surface area contributed by atoms with Crippen LogP contribution < -0.4 is 16.8 Å². The maximum atomic E-state index is 10.9. The molecule has 12 heavy (non-hydrogen) atoms. The molecule has 64 valence electrons. The Hall–Kier alpha value is -1.85. The maximum absolute atomic E-state index is 10.9. The van der Waals surface area contributed by atoms with Crippen LogP contribution in [0.2, 0.25) is 0 Å². The monoisotopic (exact) mass is 169 g/mol. The van der Waals surface area contributed by atoms with Gasteiger partial charge < -0.3 is 11.5 Å². The van der Waals surface area contributed by atoms with Crippen molar-refractivity contribution in [3.63, 3.8) is 0 Å². The van der Waals surface area contributed by atoms with Crippen molar-refractivity contribution in [2.24, 2.45) is 11.5 Å². The van der Waals surface area contributed by atoms with Crippen molar-refractivity contribution >= 4 is 17.7 Å². The van der Waals surface area contributed by atoms with Crippen molar-refractivity contribution in [1.82, 2.24) is 5.32 Å². The van der Waals surface area contributed by atoms with Crippen LogP contribution in [0.25, 0.3) is 0 Å². The first kappa shape index (κ1) is 8.25. The Balaban J connectivity index is 3.09. The summed E-state index contributed by atoms with van der Waals surface area (Å²) in [4.78, 5) is 32.1. The van der Waals surface area contributed by atoms with E-state index in [0.717, 1.165) is 0 Å². The quantitative estimate of drug-likeness (QED) is 0.303. The fourth-order valence-electron chi connectivity index (χ4n) is 0.911. The van der Waals surface area contributed by atoms with Gasteiger partial charge in [-0.15, -0.1) is 0 Å². The SMILES string of the molecule is NC(=O)C1=C(N)CC(=O)NC1=O. The number of amides is 3. The number of hydrogen-bond acceptors (Lipinski definition) is 4. The molecule has 0 aromatic heterocycles. The zero-order valence-electron chi connectivity index (χ0n) is 6.09. The van der Waals surface area contributed by atoms with Crippen LogP contribution in [0, 0.1) is 0 Å². The van der Waals surface area contributed by atoms with E-state index in [0.29, 0.717) is 0 Å². The number of carbonyl (C=O) groups excluding carboxylic acids is 3. The molecule has 0 fully saturated rings. The van der Waals surface area contributed by atoms with E-state index >= 15 is 0 Å². The summed E-state index contributed by atoms with van der Waals surface area (Å²) in [6.45, 7) is 0. The molecular formula is C6H7N3O3. The van der Waals surface area contributed by atoms with Crippen LogP contribution in [0.5, 0.6) is 0 Å². The molecule has 0 aliphatic carbocycles. The second-order valence-electron chi connectivity index (χ2n) is 2.32. The minimum atomic E-state index is -0.919. The van der Waals surface area contributed by atoms with Gasteiger partial charge in [-0.1, -0.05) is 0 Å². The molecule has 0 radical (unpaired) electrons. The van der Waals surface area contributed by atoms with Gasteiger partial charge in [-0.2, -0.15) is 0 Å². The van der Waals surface area contributed by atoms with Crippen LogP contribution in [0.15, 0.2) is 11.3 Å². The van der Waals surface area contributed by atoms with Crippen molar-refractivity contribution < 1.29 is 14.4 Å². The number of carbonyl (C=O) groups is 3. The van der Waals surface area contributed by atoms with Gasteiger partial charge in [-0.25, -0.2) is 0 Å². The Morgan fingerprint density at radius 2 is 2.00 bits per heavy atom. The van der Waals surface area contributed by atoms with Gasteiger partial charge in [0.2, 0.25) is 5.91 Å². The van der Waals surface area contributed by atoms with Crippen LogP contribution in [-0.2, 0) is 14.4 Å². The molecule has 1 aliphatic rings. The standard InChI is InChI=1S/C6H7N3O3/c7-2-1-3(10)9-6(12)4(2)5(8)11/h1,7H2,(H2,8,11)(H,9,10,12). The summed E-state index contributed by atoms with van der Waals surface area (Å²) >= 11 is 0. The topological polar surface area (TPSA) is 115 Å². The minimum Gasteiger partial charge on any atom is -0.401 e. The molecule has 1 aliphatic heterocycles. The van der Waals surface area contributed by atoms with Crippen LogP contribution in [0.4, 0.5) is 0 Å². The molecule has 0 aromatic rings. The molecule has 3 amide bonds. The average Bonchev–Trinajstić information content (AvgIpc) is 1.82. The number of nitrogens with one attached hydrogen (secondary N) is 1. The van der Waals surface area contributed by atoms with E-state index in [2.05, 4.69) is 0 Å². The lowest BCUT2D eigenvalue weighted by Crippen LogP contribution is -2.42. The van der Waals surface area contributed by atoms with Gasteiger partial charge in [-0.05, 0) is 0 Å². The summed E-state index contributed by atoms with van der Waals surface area (Å²) in [7, 11) is 0. The fraction of sp³-hybridized carbons (Fsp3) is 0.167. The van der Waals surface area contributed by atoms with Gasteiger partial charge in [-0.3, -0.25) is 19.7 Å². The Morgan fingerprint density at radius 1 is 1.42 bits per heavy atom. The summed E-state index contributed by atoms with van der Waals surface area (Å²) < 4.78 is 0. The molecule has 6 nitrogen and oxygen atoms in total. The fourth-order valence-corrected chi connectivity index (χ4v) is 0.911. The second kappa shape index (κ2) is 2.65. The van der Waals surface area contributed by atoms with E-state index in [1.54, 1.807) is 0 Å². The molecule has 0 unspecified atom stereocenters. The van der Waals surface area contributed by atoms with Crippen molar-refractivity contribution in [2.45, 2.75) is 6.42 Å². The lowest BCUT2D eigenvalue weighted by atomic mass is 10.1. The second-order valence-corrected chi connectivity index (χ2v) is 2.32. The maximum Gasteiger partial charge on any atom is 0.265 e. The van der Waals surface area contributed by atoms with Gasteiger partial charge in [0.25, 0.3) is 11.8 Å². The first-order valence-electron chi connectivity index (χ1n) is 3.15. The minimum absolute atomic E-state index is 0.0729. The summed E-state index contributed by atoms with van der Waals surface area (Å²) in [5.41, 5.74) is 9.71. The van der Waals surface area contributed by atoms with Gasteiger partial charge in [0, 0.05) is 5.70 Å². The van der Waals surface area contributed by atoms with E-state index in [1.807, 2.05) is 5.32 Å². The highest BCUT2D eigenvalue weighted by Gasteiger charge is 2.27. The van der Waals surface area contributed by atoms with E-state index in [9.17, 15) is 14.4 Å². The summed E-state index contributed by atoms with van der Waals surface area (Å²) in [6.07, 6.45) is -0.163. The molecule has 0 atom stereocenters. The van der Waals surface area contributed by atoms with E-state index < -0.39 is 17.7 Å². The lowest BCUT2D eigenvalue weighted by Gasteiger charge is -2.13. The molecule has 5 N–H and O–H groups in total. The third kappa shape index (κ3) is 1.26. The summed E-state index contributed by atoms with van der Waals surface area (Å²) in [5.74, 6) is -2.27. The van der Waals surface area contributed by atoms with Gasteiger partial charge in [0.1, 0.15) is 5.57 Å². The van der Waals surface area contributed by atoms with Crippen LogP contribution in [0.1, 0.15) is 6.42 Å². The number of primary amides is 1. The molecule has 0 spiro atoms. The Labute approximate surface area is 67.6 Å². The van der Waals surface area contributed by atoms with E-state index in [4.69, 9.17) is 11.5 Å². The van der Waals surface area contributed by atoms with Crippen LogP contribution in [-0.4, -0.2) is 17.7 Å². The molecule has 0 bridgehead atoms. The number of nitrogens with two attached hydrogens (primary N) is 2. The highest BCUT2D eigenvalue weighted by Crippen LogP contribution is 2.08. The molecular weight excluding hydrogens is 162 g/mol. The van der Waals surface area contributed by atoms with E-state index in [-0.39, 0.29) is 17.7 Å².